The number of fused-ring (bicyclic) bond motifs is 1. The Morgan fingerprint density at radius 2 is 1.94 bits per heavy atom. The predicted octanol–water partition coefficient (Wildman–Crippen LogP) is 3.17. The highest BCUT2D eigenvalue weighted by Crippen LogP contribution is 2.40. The smallest absolute Gasteiger partial charge is 0.0111 e. The lowest BCUT2D eigenvalue weighted by Crippen LogP contribution is -2.48. The summed E-state index contributed by atoms with van der Waals surface area (Å²) in [6.07, 6.45) is 13.0. The minimum absolute atomic E-state index is 0.660. The fraction of sp³-hybridized carbons (Fsp3) is 1.00. The van der Waals surface area contributed by atoms with E-state index >= 15 is 0 Å². The third kappa shape index (κ3) is 2.60. The van der Waals surface area contributed by atoms with Gasteiger partial charge in [0.05, 0.1) is 0 Å². The highest BCUT2D eigenvalue weighted by molar-refractivity contribution is 4.92. The number of nitrogens with one attached hydrogen (secondary N) is 1. The van der Waals surface area contributed by atoms with Gasteiger partial charge in [0.15, 0.2) is 0 Å². The Balaban J connectivity index is 1.48. The molecule has 0 aromatic heterocycles. The van der Waals surface area contributed by atoms with Crippen LogP contribution in [0.5, 0.6) is 0 Å². The summed E-state index contributed by atoms with van der Waals surface area (Å²) in [5.74, 6) is 0. The highest BCUT2D eigenvalue weighted by atomic mass is 15.2. The molecule has 2 heterocycles. The van der Waals surface area contributed by atoms with Gasteiger partial charge in [-0.1, -0.05) is 19.8 Å². The number of nitrogens with zero attached hydrogens (tertiary/aromatic N) is 1. The third-order valence-electron chi connectivity index (χ3n) is 6.00. The van der Waals surface area contributed by atoms with Crippen LogP contribution in [0.25, 0.3) is 0 Å². The van der Waals surface area contributed by atoms with Crippen molar-refractivity contribution in [1.29, 1.82) is 0 Å². The van der Waals surface area contributed by atoms with E-state index in [1.807, 2.05) is 0 Å². The molecule has 3 rings (SSSR count). The maximum atomic E-state index is 3.94. The minimum Gasteiger partial charge on any atom is -0.313 e. The van der Waals surface area contributed by atoms with Crippen molar-refractivity contribution in [2.24, 2.45) is 5.41 Å². The lowest BCUT2D eigenvalue weighted by molar-refractivity contribution is 0.154. The number of piperidine rings is 1. The Bertz CT molecular complexity index is 270. The molecule has 2 aliphatic heterocycles. The summed E-state index contributed by atoms with van der Waals surface area (Å²) in [5, 5.41) is 3.94. The normalized spacial score (nSPS) is 35.8. The molecule has 2 heteroatoms. The Labute approximate surface area is 113 Å². The molecule has 0 spiro atoms. The molecule has 1 N–H and O–H groups in total. The molecule has 104 valence electrons. The molecule has 2 saturated heterocycles. The number of hydrogen-bond donors (Lipinski definition) is 1. The number of rotatable bonds is 4. The van der Waals surface area contributed by atoms with Crippen LogP contribution in [0.1, 0.15) is 64.7 Å². The minimum atomic E-state index is 0.660. The van der Waals surface area contributed by atoms with Gasteiger partial charge in [-0.05, 0) is 63.5 Å². The standard InChI is InChI=1S/C16H30N2/c1-2-16(8-3-4-9-16)13-17-14-7-11-18-10-5-6-15(18)12-14/h14-15,17H,2-13H2,1H3. The first-order valence-electron chi connectivity index (χ1n) is 8.29. The van der Waals surface area contributed by atoms with Crippen LogP contribution in [-0.4, -0.2) is 36.6 Å². The zero-order valence-corrected chi connectivity index (χ0v) is 12.1. The Morgan fingerprint density at radius 1 is 1.11 bits per heavy atom. The highest BCUT2D eigenvalue weighted by Gasteiger charge is 2.35. The average Bonchev–Trinajstić information content (AvgIpc) is 3.05. The summed E-state index contributed by atoms with van der Waals surface area (Å²) in [5.41, 5.74) is 0.660. The first kappa shape index (κ1) is 12.9. The van der Waals surface area contributed by atoms with E-state index < -0.39 is 0 Å². The predicted molar refractivity (Wildman–Crippen MR) is 76.8 cm³/mol. The van der Waals surface area contributed by atoms with E-state index in [1.54, 1.807) is 0 Å². The molecule has 3 fully saturated rings. The van der Waals surface area contributed by atoms with Gasteiger partial charge in [0, 0.05) is 18.6 Å². The summed E-state index contributed by atoms with van der Waals surface area (Å²) in [6.45, 7) is 6.41. The quantitative estimate of drug-likeness (QED) is 0.824. The monoisotopic (exact) mass is 250 g/mol. The average molecular weight is 250 g/mol. The van der Waals surface area contributed by atoms with Gasteiger partial charge in [0.2, 0.25) is 0 Å². The van der Waals surface area contributed by atoms with Crippen molar-refractivity contribution in [3.05, 3.63) is 0 Å². The summed E-state index contributed by atoms with van der Waals surface area (Å²) >= 11 is 0. The van der Waals surface area contributed by atoms with Crippen LogP contribution >= 0.6 is 0 Å². The van der Waals surface area contributed by atoms with Crippen LogP contribution in [0.2, 0.25) is 0 Å². The lowest BCUT2D eigenvalue weighted by atomic mass is 9.83. The van der Waals surface area contributed by atoms with E-state index in [2.05, 4.69) is 17.1 Å². The second-order valence-electron chi connectivity index (χ2n) is 6.99. The van der Waals surface area contributed by atoms with E-state index in [9.17, 15) is 0 Å². The van der Waals surface area contributed by atoms with Crippen LogP contribution in [0.15, 0.2) is 0 Å². The van der Waals surface area contributed by atoms with Crippen LogP contribution in [0.4, 0.5) is 0 Å². The molecule has 0 amide bonds. The Kier molecular flexibility index (Phi) is 3.95. The van der Waals surface area contributed by atoms with Crippen molar-refractivity contribution in [3.8, 4) is 0 Å². The SMILES string of the molecule is CCC1(CNC2CCN3CCCC3C2)CCCC1. The maximum Gasteiger partial charge on any atom is 0.0111 e. The van der Waals surface area contributed by atoms with Gasteiger partial charge in [-0.3, -0.25) is 0 Å². The van der Waals surface area contributed by atoms with Crippen LogP contribution < -0.4 is 5.32 Å². The molecule has 2 atom stereocenters. The lowest BCUT2D eigenvalue weighted by Gasteiger charge is -2.37. The van der Waals surface area contributed by atoms with Gasteiger partial charge in [0.25, 0.3) is 0 Å². The molecular formula is C16H30N2. The molecular weight excluding hydrogens is 220 g/mol. The molecule has 0 aromatic rings. The van der Waals surface area contributed by atoms with E-state index in [-0.39, 0.29) is 0 Å². The van der Waals surface area contributed by atoms with Crippen LogP contribution in [-0.2, 0) is 0 Å². The van der Waals surface area contributed by atoms with Crippen LogP contribution in [0.3, 0.4) is 0 Å². The summed E-state index contributed by atoms with van der Waals surface area (Å²) in [7, 11) is 0. The van der Waals surface area contributed by atoms with Crippen molar-refractivity contribution in [3.63, 3.8) is 0 Å². The number of hydrogen-bond acceptors (Lipinski definition) is 2. The van der Waals surface area contributed by atoms with Crippen molar-refractivity contribution < 1.29 is 0 Å². The molecule has 2 unspecified atom stereocenters. The van der Waals surface area contributed by atoms with Crippen LogP contribution in [0, 0.1) is 5.41 Å². The molecule has 18 heavy (non-hydrogen) atoms. The molecule has 1 aliphatic carbocycles. The molecule has 0 aromatic carbocycles. The fourth-order valence-electron chi connectivity index (χ4n) is 4.55. The van der Waals surface area contributed by atoms with Crippen molar-refractivity contribution in [1.82, 2.24) is 10.2 Å². The molecule has 0 bridgehead atoms. The molecule has 2 nitrogen and oxygen atoms in total. The summed E-state index contributed by atoms with van der Waals surface area (Å²) in [6, 6.07) is 1.73. The first-order chi connectivity index (χ1) is 8.81. The fourth-order valence-corrected chi connectivity index (χ4v) is 4.55. The second-order valence-corrected chi connectivity index (χ2v) is 6.99. The Morgan fingerprint density at radius 3 is 2.72 bits per heavy atom. The summed E-state index contributed by atoms with van der Waals surface area (Å²) < 4.78 is 0. The second kappa shape index (κ2) is 5.50. The van der Waals surface area contributed by atoms with E-state index in [4.69, 9.17) is 0 Å². The van der Waals surface area contributed by atoms with E-state index in [0.717, 1.165) is 12.1 Å². The molecule has 1 saturated carbocycles. The molecule has 0 radical (unpaired) electrons. The van der Waals surface area contributed by atoms with E-state index in [1.165, 1.54) is 77.4 Å². The zero-order chi connectivity index (χ0) is 12.4. The topological polar surface area (TPSA) is 15.3 Å². The molecule has 3 aliphatic rings. The van der Waals surface area contributed by atoms with Gasteiger partial charge in [0.1, 0.15) is 0 Å². The van der Waals surface area contributed by atoms with Crippen molar-refractivity contribution in [2.45, 2.75) is 76.8 Å². The zero-order valence-electron chi connectivity index (χ0n) is 12.1. The first-order valence-corrected chi connectivity index (χ1v) is 8.29. The van der Waals surface area contributed by atoms with Gasteiger partial charge in [-0.2, -0.15) is 0 Å². The van der Waals surface area contributed by atoms with Crippen molar-refractivity contribution >= 4 is 0 Å². The summed E-state index contributed by atoms with van der Waals surface area (Å²) in [4.78, 5) is 2.73. The third-order valence-corrected chi connectivity index (χ3v) is 6.00. The van der Waals surface area contributed by atoms with Gasteiger partial charge < -0.3 is 10.2 Å². The van der Waals surface area contributed by atoms with Gasteiger partial charge in [-0.25, -0.2) is 0 Å². The Hall–Kier alpha value is -0.0800. The maximum absolute atomic E-state index is 3.94. The van der Waals surface area contributed by atoms with E-state index in [0.29, 0.717) is 5.41 Å². The van der Waals surface area contributed by atoms with Gasteiger partial charge in [-0.15, -0.1) is 0 Å². The largest absolute Gasteiger partial charge is 0.313 e. The van der Waals surface area contributed by atoms with Gasteiger partial charge >= 0.3 is 0 Å². The van der Waals surface area contributed by atoms with Crippen molar-refractivity contribution in [2.75, 3.05) is 19.6 Å².